The molecule has 0 aliphatic carbocycles. The molecule has 8 heteroatoms. The van der Waals surface area contributed by atoms with Gasteiger partial charge in [0.1, 0.15) is 6.54 Å². The summed E-state index contributed by atoms with van der Waals surface area (Å²) in [6, 6.07) is 4.23. The zero-order valence-corrected chi connectivity index (χ0v) is 12.1. The van der Waals surface area contributed by atoms with E-state index in [4.69, 9.17) is 5.73 Å². The molecule has 0 amide bonds. The lowest BCUT2D eigenvalue weighted by atomic mass is 10.1. The molecular weight excluding hydrogens is 293 g/mol. The number of hydrogen-bond donors (Lipinski definition) is 1. The number of sulfonamides is 1. The number of aryl methyl sites for hydroxylation is 2. The Balaban J connectivity index is 3.18. The van der Waals surface area contributed by atoms with Gasteiger partial charge in [-0.05, 0) is 37.1 Å². The molecule has 0 bridgehead atoms. The number of nitrogens with zero attached hydrogens (tertiary/aromatic N) is 1. The second kappa shape index (κ2) is 6.11. The number of benzene rings is 1. The van der Waals surface area contributed by atoms with Crippen LogP contribution in [0.15, 0.2) is 23.1 Å². The van der Waals surface area contributed by atoms with Crippen molar-refractivity contribution in [1.29, 1.82) is 0 Å². The van der Waals surface area contributed by atoms with E-state index in [1.54, 1.807) is 19.9 Å². The fraction of sp³-hybridized carbons (Fsp3) is 0.500. The molecule has 0 fully saturated rings. The Bertz CT molecular complexity index is 571. The maximum Gasteiger partial charge on any atom is 0.402 e. The van der Waals surface area contributed by atoms with E-state index in [1.165, 1.54) is 12.1 Å². The summed E-state index contributed by atoms with van der Waals surface area (Å²) in [5, 5.41) is 0. The van der Waals surface area contributed by atoms with Crippen LogP contribution in [0.2, 0.25) is 0 Å². The van der Waals surface area contributed by atoms with E-state index >= 15 is 0 Å². The van der Waals surface area contributed by atoms with Gasteiger partial charge in [-0.2, -0.15) is 17.5 Å². The average Bonchev–Trinajstić information content (AvgIpc) is 2.30. The van der Waals surface area contributed by atoms with Crippen molar-refractivity contribution in [3.8, 4) is 0 Å². The Morgan fingerprint density at radius 2 is 1.80 bits per heavy atom. The zero-order valence-electron chi connectivity index (χ0n) is 11.2. The first-order chi connectivity index (χ1) is 9.08. The van der Waals surface area contributed by atoms with Crippen molar-refractivity contribution in [2.45, 2.75) is 24.9 Å². The fourth-order valence-electron chi connectivity index (χ4n) is 1.65. The van der Waals surface area contributed by atoms with Gasteiger partial charge in [0, 0.05) is 13.1 Å². The van der Waals surface area contributed by atoms with Crippen LogP contribution in [0.5, 0.6) is 0 Å². The lowest BCUT2D eigenvalue weighted by molar-refractivity contribution is -0.136. The largest absolute Gasteiger partial charge is 0.402 e. The molecule has 0 unspecified atom stereocenters. The normalized spacial score (nSPS) is 12.9. The van der Waals surface area contributed by atoms with E-state index in [-0.39, 0.29) is 18.0 Å². The van der Waals surface area contributed by atoms with Gasteiger partial charge in [0.15, 0.2) is 0 Å². The molecule has 0 radical (unpaired) electrons. The molecule has 0 heterocycles. The van der Waals surface area contributed by atoms with Gasteiger partial charge in [-0.15, -0.1) is 0 Å². The molecule has 114 valence electrons. The molecule has 2 N–H and O–H groups in total. The van der Waals surface area contributed by atoms with Gasteiger partial charge >= 0.3 is 6.18 Å². The Labute approximate surface area is 116 Å². The zero-order chi connectivity index (χ0) is 15.6. The molecule has 0 aromatic heterocycles. The summed E-state index contributed by atoms with van der Waals surface area (Å²) in [5.41, 5.74) is 6.77. The van der Waals surface area contributed by atoms with Crippen LogP contribution in [0.1, 0.15) is 11.1 Å². The van der Waals surface area contributed by atoms with E-state index in [9.17, 15) is 21.6 Å². The van der Waals surface area contributed by atoms with Crippen molar-refractivity contribution in [2.24, 2.45) is 5.73 Å². The number of nitrogens with two attached hydrogens (primary N) is 1. The van der Waals surface area contributed by atoms with Crippen molar-refractivity contribution in [3.05, 3.63) is 29.3 Å². The van der Waals surface area contributed by atoms with Gasteiger partial charge in [-0.3, -0.25) is 0 Å². The first-order valence-corrected chi connectivity index (χ1v) is 7.36. The lowest BCUT2D eigenvalue weighted by Gasteiger charge is -2.23. The lowest BCUT2D eigenvalue weighted by Crippen LogP contribution is -2.41. The van der Waals surface area contributed by atoms with Crippen LogP contribution in [0.3, 0.4) is 0 Å². The number of halogens is 3. The quantitative estimate of drug-likeness (QED) is 0.902. The SMILES string of the molecule is Cc1ccc(S(=O)(=O)N(CCN)CC(F)(F)F)cc1C. The molecule has 1 aromatic rings. The first-order valence-electron chi connectivity index (χ1n) is 5.92. The second-order valence-corrected chi connectivity index (χ2v) is 6.43. The topological polar surface area (TPSA) is 63.4 Å². The van der Waals surface area contributed by atoms with Gasteiger partial charge in [-0.1, -0.05) is 6.07 Å². The summed E-state index contributed by atoms with van der Waals surface area (Å²) >= 11 is 0. The summed E-state index contributed by atoms with van der Waals surface area (Å²) in [4.78, 5) is -0.154. The monoisotopic (exact) mass is 310 g/mol. The highest BCUT2D eigenvalue weighted by Crippen LogP contribution is 2.23. The van der Waals surface area contributed by atoms with Crippen molar-refractivity contribution in [1.82, 2.24) is 4.31 Å². The van der Waals surface area contributed by atoms with Crippen molar-refractivity contribution >= 4 is 10.0 Å². The molecule has 0 atom stereocenters. The van der Waals surface area contributed by atoms with Gasteiger partial charge in [0.25, 0.3) is 0 Å². The standard InChI is InChI=1S/C12H17F3N2O2S/c1-9-3-4-11(7-10(9)2)20(18,19)17(6-5-16)8-12(13,14)15/h3-4,7H,5-6,8,16H2,1-2H3. The highest BCUT2D eigenvalue weighted by Gasteiger charge is 2.36. The van der Waals surface area contributed by atoms with Crippen LogP contribution in [-0.4, -0.2) is 38.5 Å². The van der Waals surface area contributed by atoms with Gasteiger partial charge in [0.2, 0.25) is 10.0 Å². The van der Waals surface area contributed by atoms with E-state index in [2.05, 4.69) is 0 Å². The maximum absolute atomic E-state index is 12.5. The Hall–Kier alpha value is -1.12. The highest BCUT2D eigenvalue weighted by molar-refractivity contribution is 7.89. The Morgan fingerprint density at radius 3 is 2.25 bits per heavy atom. The van der Waals surface area contributed by atoms with Crippen LogP contribution < -0.4 is 5.73 Å². The van der Waals surface area contributed by atoms with Crippen LogP contribution in [0.25, 0.3) is 0 Å². The van der Waals surface area contributed by atoms with E-state index < -0.39 is 22.7 Å². The highest BCUT2D eigenvalue weighted by atomic mass is 32.2. The van der Waals surface area contributed by atoms with Crippen LogP contribution >= 0.6 is 0 Å². The predicted molar refractivity (Wildman–Crippen MR) is 69.8 cm³/mol. The molecule has 4 nitrogen and oxygen atoms in total. The average molecular weight is 310 g/mol. The summed E-state index contributed by atoms with van der Waals surface area (Å²) in [5.74, 6) is 0. The van der Waals surface area contributed by atoms with Crippen molar-refractivity contribution < 1.29 is 21.6 Å². The molecular formula is C12H17F3N2O2S. The Morgan fingerprint density at radius 1 is 1.20 bits per heavy atom. The molecule has 0 aliphatic rings. The number of rotatable bonds is 5. The molecule has 1 rings (SSSR count). The third-order valence-corrected chi connectivity index (χ3v) is 4.69. The first kappa shape index (κ1) is 16.9. The van der Waals surface area contributed by atoms with Gasteiger partial charge in [-0.25, -0.2) is 8.42 Å². The maximum atomic E-state index is 12.5. The van der Waals surface area contributed by atoms with Gasteiger partial charge < -0.3 is 5.73 Å². The second-order valence-electron chi connectivity index (χ2n) is 4.49. The summed E-state index contributed by atoms with van der Waals surface area (Å²) < 4.78 is 62.2. The molecule has 0 spiro atoms. The van der Waals surface area contributed by atoms with Crippen molar-refractivity contribution in [2.75, 3.05) is 19.6 Å². The van der Waals surface area contributed by atoms with Crippen LogP contribution in [0.4, 0.5) is 13.2 Å². The van der Waals surface area contributed by atoms with Gasteiger partial charge in [0.05, 0.1) is 4.90 Å². The smallest absolute Gasteiger partial charge is 0.329 e. The number of alkyl halides is 3. The number of hydrogen-bond acceptors (Lipinski definition) is 3. The van der Waals surface area contributed by atoms with Crippen molar-refractivity contribution in [3.63, 3.8) is 0 Å². The van der Waals surface area contributed by atoms with E-state index in [0.29, 0.717) is 9.87 Å². The minimum Gasteiger partial charge on any atom is -0.329 e. The molecule has 0 aliphatic heterocycles. The van der Waals surface area contributed by atoms with Crippen LogP contribution in [0, 0.1) is 13.8 Å². The fourth-order valence-corrected chi connectivity index (χ4v) is 3.18. The van der Waals surface area contributed by atoms with Crippen LogP contribution in [-0.2, 0) is 10.0 Å². The Kier molecular flexibility index (Phi) is 5.17. The minimum atomic E-state index is -4.61. The summed E-state index contributed by atoms with van der Waals surface area (Å²) in [6.07, 6.45) is -4.61. The van der Waals surface area contributed by atoms with E-state index in [0.717, 1.165) is 5.56 Å². The van der Waals surface area contributed by atoms with E-state index in [1.807, 2.05) is 0 Å². The summed E-state index contributed by atoms with van der Waals surface area (Å²) in [6.45, 7) is 1.39. The summed E-state index contributed by atoms with van der Waals surface area (Å²) in [7, 11) is -4.20. The molecule has 20 heavy (non-hydrogen) atoms. The molecule has 1 aromatic carbocycles. The minimum absolute atomic E-state index is 0.154. The third kappa shape index (κ3) is 4.19. The predicted octanol–water partition coefficient (Wildman–Crippen LogP) is 1.82. The molecule has 0 saturated carbocycles. The molecule has 0 saturated heterocycles. The third-order valence-electron chi connectivity index (χ3n) is 2.85.